The summed E-state index contributed by atoms with van der Waals surface area (Å²) >= 11 is 0. The molecule has 3 N–H and O–H groups in total. The normalized spacial score (nSPS) is 12.4. The first-order chi connectivity index (χ1) is 8.71. The first-order valence-electron chi connectivity index (χ1n) is 6.52. The van der Waals surface area contributed by atoms with Crippen LogP contribution in [0.2, 0.25) is 0 Å². The van der Waals surface area contributed by atoms with E-state index in [9.17, 15) is 4.79 Å². The minimum absolute atomic E-state index is 0.110. The van der Waals surface area contributed by atoms with Crippen LogP contribution in [-0.4, -0.2) is 29.1 Å². The van der Waals surface area contributed by atoms with Crippen LogP contribution in [0.1, 0.15) is 49.6 Å². The standard InChI is InChI=1S/C12H22N4O2/c1-3-9(7-8-13)5-6-10-15-11(16-18-10)12(17)14-4-2/h9H,3-8,13H2,1-2H3,(H,14,17). The van der Waals surface area contributed by atoms with Crippen LogP contribution in [0.3, 0.4) is 0 Å². The summed E-state index contributed by atoms with van der Waals surface area (Å²) in [5.74, 6) is 0.918. The first kappa shape index (κ1) is 14.6. The van der Waals surface area contributed by atoms with Gasteiger partial charge in [0.05, 0.1) is 0 Å². The molecular weight excluding hydrogens is 232 g/mol. The molecule has 0 saturated heterocycles. The van der Waals surface area contributed by atoms with Crippen molar-refractivity contribution in [1.29, 1.82) is 0 Å². The van der Waals surface area contributed by atoms with E-state index in [1.807, 2.05) is 6.92 Å². The molecule has 6 heteroatoms. The summed E-state index contributed by atoms with van der Waals surface area (Å²) in [6.07, 6.45) is 3.76. The molecule has 0 aliphatic carbocycles. The molecule has 0 aliphatic rings. The Morgan fingerprint density at radius 2 is 2.22 bits per heavy atom. The second-order valence-electron chi connectivity index (χ2n) is 4.26. The van der Waals surface area contributed by atoms with Gasteiger partial charge < -0.3 is 15.6 Å². The molecule has 1 atom stereocenters. The first-order valence-corrected chi connectivity index (χ1v) is 6.52. The maximum absolute atomic E-state index is 11.4. The van der Waals surface area contributed by atoms with Gasteiger partial charge in [0.15, 0.2) is 0 Å². The summed E-state index contributed by atoms with van der Waals surface area (Å²) < 4.78 is 5.05. The summed E-state index contributed by atoms with van der Waals surface area (Å²) in [5.41, 5.74) is 5.55. The fourth-order valence-corrected chi connectivity index (χ4v) is 1.80. The van der Waals surface area contributed by atoms with Crippen molar-refractivity contribution in [3.63, 3.8) is 0 Å². The van der Waals surface area contributed by atoms with Crippen LogP contribution in [0.4, 0.5) is 0 Å². The number of carbonyl (C=O) groups excluding carboxylic acids is 1. The summed E-state index contributed by atoms with van der Waals surface area (Å²) in [5, 5.41) is 6.29. The highest BCUT2D eigenvalue weighted by molar-refractivity contribution is 5.90. The zero-order chi connectivity index (χ0) is 13.4. The van der Waals surface area contributed by atoms with Gasteiger partial charge in [-0.25, -0.2) is 0 Å². The number of aromatic nitrogens is 2. The molecule has 1 unspecified atom stereocenters. The molecule has 1 amide bonds. The number of rotatable bonds is 8. The lowest BCUT2D eigenvalue weighted by Gasteiger charge is -2.11. The van der Waals surface area contributed by atoms with Gasteiger partial charge in [-0.1, -0.05) is 18.5 Å². The molecular formula is C12H22N4O2. The molecule has 102 valence electrons. The van der Waals surface area contributed by atoms with Crippen molar-refractivity contribution >= 4 is 5.91 Å². The molecule has 1 aromatic heterocycles. The van der Waals surface area contributed by atoms with E-state index in [0.717, 1.165) is 19.3 Å². The molecule has 0 fully saturated rings. The van der Waals surface area contributed by atoms with E-state index in [2.05, 4.69) is 22.4 Å². The Morgan fingerprint density at radius 3 is 2.83 bits per heavy atom. The fourth-order valence-electron chi connectivity index (χ4n) is 1.80. The van der Waals surface area contributed by atoms with Gasteiger partial charge in [-0.2, -0.15) is 4.98 Å². The van der Waals surface area contributed by atoms with Crippen LogP contribution >= 0.6 is 0 Å². The Balaban J connectivity index is 2.46. The molecule has 0 aromatic carbocycles. The maximum atomic E-state index is 11.4. The summed E-state index contributed by atoms with van der Waals surface area (Å²) in [4.78, 5) is 15.5. The van der Waals surface area contributed by atoms with Gasteiger partial charge in [-0.15, -0.1) is 0 Å². The predicted octanol–water partition coefficient (Wildman–Crippen LogP) is 1.13. The van der Waals surface area contributed by atoms with Crippen LogP contribution in [0.25, 0.3) is 0 Å². The van der Waals surface area contributed by atoms with Crippen molar-refractivity contribution in [3.8, 4) is 0 Å². The van der Waals surface area contributed by atoms with Crippen LogP contribution < -0.4 is 11.1 Å². The minimum Gasteiger partial charge on any atom is -0.349 e. The van der Waals surface area contributed by atoms with Crippen LogP contribution in [0.15, 0.2) is 4.52 Å². The van der Waals surface area contributed by atoms with Crippen molar-refractivity contribution in [1.82, 2.24) is 15.5 Å². The Hall–Kier alpha value is -1.43. The number of carbonyl (C=O) groups is 1. The lowest BCUT2D eigenvalue weighted by molar-refractivity contribution is 0.0942. The van der Waals surface area contributed by atoms with Gasteiger partial charge in [-0.05, 0) is 32.2 Å². The minimum atomic E-state index is -0.290. The average molecular weight is 254 g/mol. The second-order valence-corrected chi connectivity index (χ2v) is 4.26. The van der Waals surface area contributed by atoms with Gasteiger partial charge in [0.25, 0.3) is 11.7 Å². The van der Waals surface area contributed by atoms with Gasteiger partial charge in [0.1, 0.15) is 0 Å². The molecule has 0 spiro atoms. The molecule has 0 bridgehead atoms. The zero-order valence-electron chi connectivity index (χ0n) is 11.1. The number of nitrogens with one attached hydrogen (secondary N) is 1. The third kappa shape index (κ3) is 4.44. The second kappa shape index (κ2) is 7.81. The number of nitrogens with two attached hydrogens (primary N) is 1. The molecule has 1 aromatic rings. The van der Waals surface area contributed by atoms with Crippen molar-refractivity contribution in [2.75, 3.05) is 13.1 Å². The van der Waals surface area contributed by atoms with E-state index in [0.29, 0.717) is 31.3 Å². The number of amides is 1. The molecule has 1 rings (SSSR count). The van der Waals surface area contributed by atoms with E-state index >= 15 is 0 Å². The van der Waals surface area contributed by atoms with Crippen molar-refractivity contribution in [2.45, 2.75) is 39.5 Å². The topological polar surface area (TPSA) is 94.0 Å². The lowest BCUT2D eigenvalue weighted by Crippen LogP contribution is -2.23. The van der Waals surface area contributed by atoms with E-state index in [1.165, 1.54) is 0 Å². The van der Waals surface area contributed by atoms with Gasteiger partial charge >= 0.3 is 0 Å². The van der Waals surface area contributed by atoms with Gasteiger partial charge in [-0.3, -0.25) is 4.79 Å². The smallest absolute Gasteiger partial charge is 0.292 e. The third-order valence-corrected chi connectivity index (χ3v) is 2.93. The number of nitrogens with zero attached hydrogens (tertiary/aromatic N) is 2. The van der Waals surface area contributed by atoms with Crippen LogP contribution in [0, 0.1) is 5.92 Å². The number of hydrogen-bond donors (Lipinski definition) is 2. The molecule has 0 aliphatic heterocycles. The highest BCUT2D eigenvalue weighted by Gasteiger charge is 2.14. The number of aryl methyl sites for hydroxylation is 1. The molecule has 18 heavy (non-hydrogen) atoms. The molecule has 0 radical (unpaired) electrons. The Kier molecular flexibility index (Phi) is 6.35. The van der Waals surface area contributed by atoms with E-state index in [1.54, 1.807) is 0 Å². The van der Waals surface area contributed by atoms with Gasteiger partial charge in [0, 0.05) is 13.0 Å². The monoisotopic (exact) mass is 254 g/mol. The summed E-state index contributed by atoms with van der Waals surface area (Å²) in [7, 11) is 0. The summed E-state index contributed by atoms with van der Waals surface area (Å²) in [6, 6.07) is 0. The molecule has 0 saturated carbocycles. The third-order valence-electron chi connectivity index (χ3n) is 2.93. The SMILES string of the molecule is CCNC(=O)c1noc(CCC(CC)CCN)n1. The summed E-state index contributed by atoms with van der Waals surface area (Å²) in [6.45, 7) is 5.25. The van der Waals surface area contributed by atoms with Crippen LogP contribution in [0.5, 0.6) is 0 Å². The average Bonchev–Trinajstić information content (AvgIpc) is 2.83. The van der Waals surface area contributed by atoms with Crippen molar-refractivity contribution in [2.24, 2.45) is 11.7 Å². The quantitative estimate of drug-likeness (QED) is 0.725. The highest BCUT2D eigenvalue weighted by atomic mass is 16.5. The van der Waals surface area contributed by atoms with Gasteiger partial charge in [0.2, 0.25) is 5.89 Å². The van der Waals surface area contributed by atoms with E-state index in [4.69, 9.17) is 10.3 Å². The Bertz CT molecular complexity index is 365. The zero-order valence-corrected chi connectivity index (χ0v) is 11.1. The Labute approximate surface area is 107 Å². The molecule has 6 nitrogen and oxygen atoms in total. The van der Waals surface area contributed by atoms with Crippen molar-refractivity contribution < 1.29 is 9.32 Å². The van der Waals surface area contributed by atoms with Crippen LogP contribution in [-0.2, 0) is 6.42 Å². The predicted molar refractivity (Wildman–Crippen MR) is 68.1 cm³/mol. The maximum Gasteiger partial charge on any atom is 0.292 e. The number of hydrogen-bond acceptors (Lipinski definition) is 5. The largest absolute Gasteiger partial charge is 0.349 e. The lowest BCUT2D eigenvalue weighted by atomic mass is 9.97. The van der Waals surface area contributed by atoms with Crippen molar-refractivity contribution in [3.05, 3.63) is 11.7 Å². The fraction of sp³-hybridized carbons (Fsp3) is 0.750. The van der Waals surface area contributed by atoms with E-state index < -0.39 is 0 Å². The van der Waals surface area contributed by atoms with E-state index in [-0.39, 0.29) is 11.7 Å². The Morgan fingerprint density at radius 1 is 1.44 bits per heavy atom. The molecule has 1 heterocycles. The highest BCUT2D eigenvalue weighted by Crippen LogP contribution is 2.15.